The number of methoxy groups -OCH3 is 1. The predicted octanol–water partition coefficient (Wildman–Crippen LogP) is 2.99. The van der Waals surface area contributed by atoms with Crippen LogP contribution in [-0.2, 0) is 21.6 Å². The maximum atomic E-state index is 13.4. The van der Waals surface area contributed by atoms with Crippen LogP contribution in [0.3, 0.4) is 0 Å². The van der Waals surface area contributed by atoms with Gasteiger partial charge in [0.2, 0.25) is 0 Å². The molecular weight excluding hydrogens is 338 g/mol. The molecule has 1 N–H and O–H groups in total. The molecule has 0 amide bonds. The number of imidazole rings is 1. The lowest BCUT2D eigenvalue weighted by Crippen LogP contribution is -2.10. The third-order valence-corrected chi connectivity index (χ3v) is 3.74. The van der Waals surface area contributed by atoms with Crippen molar-refractivity contribution in [2.75, 3.05) is 20.2 Å². The Hall–Kier alpha value is -2.09. The molecule has 1 unspecified atom stereocenters. The second-order valence-corrected chi connectivity index (χ2v) is 5.45. The zero-order chi connectivity index (χ0) is 32.5. The van der Waals surface area contributed by atoms with Gasteiger partial charge < -0.3 is 14.0 Å². The summed E-state index contributed by atoms with van der Waals surface area (Å²) in [7, 11) is -3.50. The van der Waals surface area contributed by atoms with Crippen molar-refractivity contribution < 1.29 is 37.3 Å². The van der Waals surface area contributed by atoms with Crippen LogP contribution in [0.4, 0.5) is 0 Å². The van der Waals surface area contributed by atoms with Gasteiger partial charge >= 0.3 is 5.16 Å². The summed E-state index contributed by atoms with van der Waals surface area (Å²) in [6.45, 7) is -6.64. The number of ether oxygens (including phenoxy) is 2. The zero-order valence-corrected chi connectivity index (χ0v) is 13.3. The molecule has 0 fully saturated rings. The smallest absolute Gasteiger partial charge is 0.322 e. The van der Waals surface area contributed by atoms with Crippen LogP contribution in [0.15, 0.2) is 41.5 Å². The highest BCUT2D eigenvalue weighted by Crippen LogP contribution is 2.24. The fourth-order valence-electron chi connectivity index (χ4n) is 1.68. The summed E-state index contributed by atoms with van der Waals surface area (Å²) in [4.78, 5) is 9.86. The Morgan fingerprint density at radius 3 is 3.12 bits per heavy atom. The molecule has 6 nitrogen and oxygen atoms in total. The van der Waals surface area contributed by atoms with E-state index in [1.165, 1.54) is 0 Å². The molecule has 1 atom stereocenters. The predicted molar refractivity (Wildman–Crippen MR) is 97.2 cm³/mol. The van der Waals surface area contributed by atoms with Gasteiger partial charge in [-0.3, -0.25) is 9.97 Å². The highest BCUT2D eigenvalue weighted by molar-refractivity contribution is 7.90. The molecular formula is C18H21N3O3S. The summed E-state index contributed by atoms with van der Waals surface area (Å²) in [5.41, 5.74) is -5.18. The molecule has 0 saturated carbocycles. The van der Waals surface area contributed by atoms with Crippen molar-refractivity contribution in [2.24, 2.45) is 0 Å². The molecule has 0 aliphatic carbocycles. The molecule has 3 rings (SSSR count). The number of rotatable bonds is 8. The van der Waals surface area contributed by atoms with Crippen molar-refractivity contribution in [1.82, 2.24) is 15.0 Å². The number of nitrogens with one attached hydrogen (secondary N) is 1. The minimum Gasteiger partial charge on any atom is -0.609 e. The lowest BCUT2D eigenvalue weighted by molar-refractivity contribution is 0.172. The van der Waals surface area contributed by atoms with Crippen molar-refractivity contribution in [3.05, 3.63) is 47.6 Å². The van der Waals surface area contributed by atoms with E-state index >= 15 is 0 Å². The van der Waals surface area contributed by atoms with Gasteiger partial charge in [-0.15, -0.1) is 0 Å². The van der Waals surface area contributed by atoms with Crippen molar-refractivity contribution in [2.45, 2.75) is 24.2 Å². The SMILES string of the molecule is [2H]c1nc(C([2H])([2H])[S+]([O-])c2nc3c([2H])c([2H])c([2H])c([2H])c3[nH]2)c(C)c(OC([2H])([2H])C([2H])([2H])C([2H])([2H])OC([2H])([2H])[2H])c1[2H]. The first-order chi connectivity index (χ1) is 18.8. The van der Waals surface area contributed by atoms with E-state index < -0.39 is 102 Å². The van der Waals surface area contributed by atoms with Gasteiger partial charge in [-0.1, -0.05) is 12.1 Å². The first-order valence-corrected chi connectivity index (χ1v) is 7.69. The van der Waals surface area contributed by atoms with Gasteiger partial charge in [-0.25, -0.2) is 0 Å². The minimum absolute atomic E-state index is 0.277. The van der Waals surface area contributed by atoms with Crippen LogP contribution in [-0.4, -0.2) is 39.7 Å². The Labute approximate surface area is 173 Å². The van der Waals surface area contributed by atoms with Gasteiger partial charge in [-0.05, 0) is 25.1 Å². The summed E-state index contributed by atoms with van der Waals surface area (Å²) in [5, 5.41) is -0.658. The van der Waals surface area contributed by atoms with Crippen molar-refractivity contribution >= 4 is 22.2 Å². The van der Waals surface area contributed by atoms with E-state index in [1.807, 2.05) is 0 Å². The van der Waals surface area contributed by atoms with Gasteiger partial charge in [0.05, 0.1) is 43.8 Å². The molecule has 2 heterocycles. The summed E-state index contributed by atoms with van der Waals surface area (Å²) in [5.74, 6) is -1.01. The molecule has 0 spiro atoms. The highest BCUT2D eigenvalue weighted by atomic mass is 32.2. The number of benzene rings is 1. The van der Waals surface area contributed by atoms with Crippen LogP contribution in [0, 0.1) is 6.92 Å². The van der Waals surface area contributed by atoms with E-state index in [0.717, 1.165) is 6.92 Å². The van der Waals surface area contributed by atoms with E-state index in [-0.39, 0.29) is 11.0 Å². The van der Waals surface area contributed by atoms with E-state index in [9.17, 15) is 4.55 Å². The van der Waals surface area contributed by atoms with Gasteiger partial charge in [0.25, 0.3) is 0 Å². The molecule has 25 heavy (non-hydrogen) atoms. The fraction of sp³-hybridized carbons (Fsp3) is 0.333. The first-order valence-electron chi connectivity index (χ1n) is 15.0. The van der Waals surface area contributed by atoms with Crippen LogP contribution in [0.1, 0.15) is 40.9 Å². The van der Waals surface area contributed by atoms with Crippen molar-refractivity contribution in [1.29, 1.82) is 0 Å². The van der Waals surface area contributed by atoms with Crippen LogP contribution in [0.5, 0.6) is 5.75 Å². The number of aromatic amines is 1. The number of para-hydroxylation sites is 2. The third-order valence-electron chi connectivity index (χ3n) is 2.82. The molecule has 2 aromatic heterocycles. The maximum Gasteiger partial charge on any atom is 0.322 e. The molecule has 3 aromatic rings. The number of pyridine rings is 1. The van der Waals surface area contributed by atoms with Crippen LogP contribution in [0.2, 0.25) is 0 Å². The number of aromatic nitrogens is 3. The monoisotopic (exact) mass is 376 g/mol. The van der Waals surface area contributed by atoms with E-state index in [4.69, 9.17) is 28.0 Å². The van der Waals surface area contributed by atoms with E-state index in [1.54, 1.807) is 0 Å². The second kappa shape index (κ2) is 8.33. The molecule has 0 saturated heterocycles. The zero-order valence-electron chi connectivity index (χ0n) is 29.5. The largest absolute Gasteiger partial charge is 0.609 e. The Morgan fingerprint density at radius 1 is 1.36 bits per heavy atom. The average molecular weight is 377 g/mol. The summed E-state index contributed by atoms with van der Waals surface area (Å²) >= 11 is -2.90. The van der Waals surface area contributed by atoms with Crippen LogP contribution >= 0.6 is 0 Å². The Kier molecular flexibility index (Phi) is 2.09. The molecule has 0 aliphatic heterocycles. The first kappa shape index (κ1) is 6.26. The number of hydrogen-bond donors (Lipinski definition) is 1. The highest BCUT2D eigenvalue weighted by Gasteiger charge is 2.20. The maximum absolute atomic E-state index is 13.4. The van der Waals surface area contributed by atoms with E-state index in [0.29, 0.717) is 0 Å². The number of nitrogens with zero attached hydrogens (tertiary/aromatic N) is 2. The Bertz CT molecular complexity index is 1500. The summed E-state index contributed by atoms with van der Waals surface area (Å²) in [6.07, 6.45) is -4.93. The van der Waals surface area contributed by atoms with Crippen molar-refractivity contribution in [3.63, 3.8) is 0 Å². The standard InChI is InChI=1S/C18H21N3O3S/c1-13-16(19-9-8-17(13)24-11-5-10-23-2)12-25(22)18-20-14-6-3-4-7-15(14)21-18/h3-4,6-9H,5,10-12H2,1-2H3,(H,20,21)/i2D3,3D,4D,5D2,6D,7D,8D,9D,10D2,11D2,12D2. The van der Waals surface area contributed by atoms with Crippen molar-refractivity contribution in [3.8, 4) is 5.75 Å². The normalized spacial score (nSPS) is 25.1. The molecule has 132 valence electrons. The molecule has 7 heteroatoms. The number of fused-ring (bicyclic) bond motifs is 1. The molecule has 0 radical (unpaired) electrons. The second-order valence-electron chi connectivity index (χ2n) is 4.32. The topological polar surface area (TPSA) is 83.1 Å². The van der Waals surface area contributed by atoms with Gasteiger partial charge in [0, 0.05) is 45.6 Å². The van der Waals surface area contributed by atoms with Gasteiger partial charge in [-0.2, -0.15) is 4.98 Å². The fourth-order valence-corrected chi connectivity index (χ4v) is 2.52. The molecule has 0 bridgehead atoms. The molecule has 1 aromatic carbocycles. The van der Waals surface area contributed by atoms with Crippen LogP contribution in [0.25, 0.3) is 11.0 Å². The van der Waals surface area contributed by atoms with E-state index in [2.05, 4.69) is 19.7 Å². The quantitative estimate of drug-likeness (QED) is 0.611. The minimum atomic E-state index is -3.88. The Morgan fingerprint density at radius 2 is 2.24 bits per heavy atom. The molecule has 0 aliphatic rings. The van der Waals surface area contributed by atoms with Crippen LogP contribution < -0.4 is 4.74 Å². The summed E-state index contributed by atoms with van der Waals surface area (Å²) in [6, 6.07) is -3.45. The third kappa shape index (κ3) is 4.31. The lowest BCUT2D eigenvalue weighted by atomic mass is 10.2. The summed E-state index contributed by atoms with van der Waals surface area (Å²) < 4.78 is 155. The van der Waals surface area contributed by atoms with Gasteiger partial charge in [0.15, 0.2) is 5.70 Å². The number of hydrogen-bond acceptors (Lipinski definition) is 5. The average Bonchev–Trinajstić information content (AvgIpc) is 3.29. The number of H-pyrrole nitrogens is 1. The lowest BCUT2D eigenvalue weighted by Gasteiger charge is -2.12. The Balaban J connectivity index is 2.12. The van der Waals surface area contributed by atoms with Gasteiger partial charge in [0.1, 0.15) is 5.75 Å².